The minimum Gasteiger partial charge on any atom is -0.459 e. The molecule has 1 saturated heterocycles. The molecule has 3 aromatic rings. The highest BCUT2D eigenvalue weighted by atomic mass is 16.3. The number of pyridine rings is 1. The van der Waals surface area contributed by atoms with Crippen LogP contribution in [0, 0.1) is 6.92 Å². The molecule has 25 heavy (non-hydrogen) atoms. The number of hydrogen-bond acceptors (Lipinski definition) is 5. The van der Waals surface area contributed by atoms with Gasteiger partial charge in [0.1, 0.15) is 5.82 Å². The summed E-state index contributed by atoms with van der Waals surface area (Å²) in [5.41, 5.74) is 1.22. The molecule has 0 atom stereocenters. The summed E-state index contributed by atoms with van der Waals surface area (Å²) in [7, 11) is 0. The number of piperazine rings is 1. The van der Waals surface area contributed by atoms with E-state index in [1.807, 2.05) is 11.3 Å². The molecular formula is C17H17N5O3. The van der Waals surface area contributed by atoms with Crippen molar-refractivity contribution in [3.63, 3.8) is 0 Å². The molecule has 0 aromatic carbocycles. The molecule has 0 spiro atoms. The quantitative estimate of drug-likeness (QED) is 0.701. The highest BCUT2D eigenvalue weighted by Gasteiger charge is 2.26. The van der Waals surface area contributed by atoms with Crippen molar-refractivity contribution in [3.05, 3.63) is 53.9 Å². The Balaban J connectivity index is 1.44. The Morgan fingerprint density at radius 2 is 1.76 bits per heavy atom. The van der Waals surface area contributed by atoms with Gasteiger partial charge in [-0.15, -0.1) is 10.2 Å². The fourth-order valence-corrected chi connectivity index (χ4v) is 2.99. The second kappa shape index (κ2) is 6.04. The summed E-state index contributed by atoms with van der Waals surface area (Å²) in [4.78, 5) is 28.4. The smallest absolute Gasteiger partial charge is 0.289 e. The third kappa shape index (κ3) is 2.75. The van der Waals surface area contributed by atoms with Crippen LogP contribution in [0.15, 0.2) is 41.1 Å². The van der Waals surface area contributed by atoms with Gasteiger partial charge in [-0.1, -0.05) is 0 Å². The average molecular weight is 339 g/mol. The zero-order valence-corrected chi connectivity index (χ0v) is 13.8. The first-order chi connectivity index (χ1) is 12.1. The molecule has 1 aliphatic heterocycles. The first kappa shape index (κ1) is 15.4. The molecule has 8 heteroatoms. The average Bonchev–Trinajstić information content (AvgIpc) is 3.31. The summed E-state index contributed by atoms with van der Waals surface area (Å²) in [6, 6.07) is 6.85. The zero-order chi connectivity index (χ0) is 17.4. The van der Waals surface area contributed by atoms with Gasteiger partial charge in [-0.2, -0.15) is 0 Å². The number of furan rings is 1. The van der Waals surface area contributed by atoms with Crippen molar-refractivity contribution in [2.24, 2.45) is 0 Å². The van der Waals surface area contributed by atoms with Gasteiger partial charge in [-0.25, -0.2) is 0 Å². The Bertz CT molecular complexity index is 923. The van der Waals surface area contributed by atoms with E-state index in [2.05, 4.69) is 10.2 Å². The fraction of sp³-hybridized carbons (Fsp3) is 0.294. The summed E-state index contributed by atoms with van der Waals surface area (Å²) in [5, 5.41) is 8.05. The van der Waals surface area contributed by atoms with Crippen molar-refractivity contribution in [1.29, 1.82) is 0 Å². The van der Waals surface area contributed by atoms with Crippen LogP contribution < -0.4 is 0 Å². The molecule has 3 aromatic heterocycles. The van der Waals surface area contributed by atoms with Crippen LogP contribution in [0.5, 0.6) is 0 Å². The molecule has 0 saturated carbocycles. The number of carbonyl (C=O) groups excluding carboxylic acids is 2. The van der Waals surface area contributed by atoms with Gasteiger partial charge in [0.15, 0.2) is 11.4 Å². The van der Waals surface area contributed by atoms with Gasteiger partial charge in [0.2, 0.25) is 0 Å². The Morgan fingerprint density at radius 3 is 2.44 bits per heavy atom. The van der Waals surface area contributed by atoms with E-state index in [1.165, 1.54) is 6.26 Å². The van der Waals surface area contributed by atoms with E-state index < -0.39 is 0 Å². The largest absolute Gasteiger partial charge is 0.459 e. The molecule has 0 radical (unpaired) electrons. The minimum atomic E-state index is -0.141. The summed E-state index contributed by atoms with van der Waals surface area (Å²) < 4.78 is 6.98. The molecule has 1 aliphatic rings. The first-order valence-corrected chi connectivity index (χ1v) is 8.07. The van der Waals surface area contributed by atoms with E-state index in [1.54, 1.807) is 40.3 Å². The number of carbonyl (C=O) groups is 2. The molecule has 4 rings (SSSR count). The Morgan fingerprint density at radius 1 is 1.04 bits per heavy atom. The standard InChI is InChI=1S/C17H17N5O3/c1-12-18-19-15-11-13(4-5-22(12)15)16(23)20-6-8-21(9-7-20)17(24)14-3-2-10-25-14/h2-5,10-11H,6-9H2,1H3. The van der Waals surface area contributed by atoms with Gasteiger partial charge in [0, 0.05) is 37.9 Å². The van der Waals surface area contributed by atoms with Crippen LogP contribution in [0.25, 0.3) is 5.65 Å². The molecule has 2 amide bonds. The molecule has 0 bridgehead atoms. The van der Waals surface area contributed by atoms with E-state index in [4.69, 9.17) is 4.42 Å². The highest BCUT2D eigenvalue weighted by molar-refractivity contribution is 5.95. The lowest BCUT2D eigenvalue weighted by molar-refractivity contribution is 0.0518. The predicted octanol–water partition coefficient (Wildman–Crippen LogP) is 1.23. The van der Waals surface area contributed by atoms with Crippen molar-refractivity contribution in [3.8, 4) is 0 Å². The molecule has 4 heterocycles. The molecule has 0 unspecified atom stereocenters. The predicted molar refractivity (Wildman–Crippen MR) is 88.2 cm³/mol. The maximum absolute atomic E-state index is 12.7. The van der Waals surface area contributed by atoms with Crippen LogP contribution >= 0.6 is 0 Å². The van der Waals surface area contributed by atoms with E-state index >= 15 is 0 Å². The Labute approximate surface area is 143 Å². The Kier molecular flexibility index (Phi) is 3.72. The minimum absolute atomic E-state index is 0.0618. The van der Waals surface area contributed by atoms with Crippen LogP contribution in [0.1, 0.15) is 26.7 Å². The summed E-state index contributed by atoms with van der Waals surface area (Å²) >= 11 is 0. The fourth-order valence-electron chi connectivity index (χ4n) is 2.99. The van der Waals surface area contributed by atoms with E-state index in [0.29, 0.717) is 43.1 Å². The molecule has 128 valence electrons. The summed E-state index contributed by atoms with van der Waals surface area (Å²) in [6.45, 7) is 3.80. The van der Waals surface area contributed by atoms with Gasteiger partial charge in [-0.05, 0) is 31.2 Å². The van der Waals surface area contributed by atoms with Crippen molar-refractivity contribution < 1.29 is 14.0 Å². The molecule has 8 nitrogen and oxygen atoms in total. The van der Waals surface area contributed by atoms with E-state index in [9.17, 15) is 9.59 Å². The topological polar surface area (TPSA) is 84.0 Å². The van der Waals surface area contributed by atoms with Crippen LogP contribution in [0.4, 0.5) is 0 Å². The lowest BCUT2D eigenvalue weighted by Crippen LogP contribution is -2.50. The van der Waals surface area contributed by atoms with Crippen LogP contribution in [0.2, 0.25) is 0 Å². The Hall–Kier alpha value is -3.16. The van der Waals surface area contributed by atoms with Gasteiger partial charge in [0.25, 0.3) is 11.8 Å². The molecule has 0 aliphatic carbocycles. The maximum Gasteiger partial charge on any atom is 0.289 e. The lowest BCUT2D eigenvalue weighted by atomic mass is 10.2. The highest BCUT2D eigenvalue weighted by Crippen LogP contribution is 2.14. The molecule has 1 fully saturated rings. The second-order valence-electron chi connectivity index (χ2n) is 5.95. The number of hydrogen-bond donors (Lipinski definition) is 0. The first-order valence-electron chi connectivity index (χ1n) is 8.07. The monoisotopic (exact) mass is 339 g/mol. The van der Waals surface area contributed by atoms with Crippen molar-refractivity contribution >= 4 is 17.5 Å². The van der Waals surface area contributed by atoms with Crippen molar-refractivity contribution in [1.82, 2.24) is 24.4 Å². The molecular weight excluding hydrogens is 322 g/mol. The lowest BCUT2D eigenvalue weighted by Gasteiger charge is -2.34. The normalized spacial score (nSPS) is 14.9. The number of aryl methyl sites for hydroxylation is 1. The maximum atomic E-state index is 12.7. The van der Waals surface area contributed by atoms with Crippen LogP contribution in [-0.4, -0.2) is 62.4 Å². The van der Waals surface area contributed by atoms with Gasteiger partial charge in [0.05, 0.1) is 6.26 Å². The van der Waals surface area contributed by atoms with Gasteiger partial charge in [-0.3, -0.25) is 14.0 Å². The third-order valence-electron chi connectivity index (χ3n) is 4.41. The van der Waals surface area contributed by atoms with E-state index in [0.717, 1.165) is 5.82 Å². The van der Waals surface area contributed by atoms with Crippen LogP contribution in [-0.2, 0) is 0 Å². The van der Waals surface area contributed by atoms with E-state index in [-0.39, 0.29) is 11.8 Å². The number of nitrogens with zero attached hydrogens (tertiary/aromatic N) is 5. The van der Waals surface area contributed by atoms with Crippen molar-refractivity contribution in [2.45, 2.75) is 6.92 Å². The van der Waals surface area contributed by atoms with Crippen molar-refractivity contribution in [2.75, 3.05) is 26.2 Å². The summed E-state index contributed by atoms with van der Waals surface area (Å²) in [5.74, 6) is 0.900. The number of aromatic nitrogens is 3. The van der Waals surface area contributed by atoms with Gasteiger partial charge >= 0.3 is 0 Å². The molecule has 0 N–H and O–H groups in total. The number of fused-ring (bicyclic) bond motifs is 1. The zero-order valence-electron chi connectivity index (χ0n) is 13.8. The second-order valence-corrected chi connectivity index (χ2v) is 5.95. The SMILES string of the molecule is Cc1nnc2cc(C(=O)N3CCN(C(=O)c4ccco4)CC3)ccn12. The van der Waals surface area contributed by atoms with Crippen LogP contribution in [0.3, 0.4) is 0 Å². The van der Waals surface area contributed by atoms with Gasteiger partial charge < -0.3 is 14.2 Å². The number of rotatable bonds is 2. The summed E-state index contributed by atoms with van der Waals surface area (Å²) in [6.07, 6.45) is 3.28. The number of amides is 2. The third-order valence-corrected chi connectivity index (χ3v) is 4.41.